The van der Waals surface area contributed by atoms with Gasteiger partial charge >= 0.3 is 0 Å². The minimum Gasteiger partial charge on any atom is -0.390 e. The number of nitrogens with one attached hydrogen (secondary N) is 1. The van der Waals surface area contributed by atoms with Crippen LogP contribution in [0.2, 0.25) is 0 Å². The van der Waals surface area contributed by atoms with Crippen molar-refractivity contribution in [2.24, 2.45) is 0 Å². The summed E-state index contributed by atoms with van der Waals surface area (Å²) < 4.78 is 1.74. The van der Waals surface area contributed by atoms with Crippen LogP contribution in [0.25, 0.3) is 16.9 Å². The molecular weight excluding hydrogens is 416 g/mol. The third kappa shape index (κ3) is 4.37. The van der Waals surface area contributed by atoms with Crippen LogP contribution in [0, 0.1) is 0 Å². The summed E-state index contributed by atoms with van der Waals surface area (Å²) in [5.74, 6) is 0.631. The topological polar surface area (TPSA) is 94.7 Å². The maximum atomic E-state index is 9.40. The van der Waals surface area contributed by atoms with Gasteiger partial charge in [0, 0.05) is 55.4 Å². The molecule has 1 saturated heterocycles. The standard InChI is InChI=1S/C24H28N8O/c1-17(2)30-9-11-31(12-10-30)21-5-3-19(4-6-21)29-23-24-27-16-28-32(24)22(14-26-23)18-7-8-25-20(13-18)15-33/h3-8,13-14,16-17,33H,9-12,15H2,1-2H3,(H,26,29). The second-order valence-corrected chi connectivity index (χ2v) is 8.47. The number of anilines is 3. The van der Waals surface area contributed by atoms with E-state index in [2.05, 4.69) is 73.3 Å². The first-order valence-electron chi connectivity index (χ1n) is 11.2. The SMILES string of the molecule is CC(C)N1CCN(c2ccc(Nc3ncc(-c4ccnc(CO)c4)n4ncnc34)cc2)CC1. The van der Waals surface area contributed by atoms with Gasteiger partial charge in [-0.2, -0.15) is 5.10 Å². The summed E-state index contributed by atoms with van der Waals surface area (Å²) in [6.07, 6.45) is 4.93. The first-order valence-corrected chi connectivity index (χ1v) is 11.2. The fourth-order valence-corrected chi connectivity index (χ4v) is 4.22. The largest absolute Gasteiger partial charge is 0.390 e. The monoisotopic (exact) mass is 444 g/mol. The van der Waals surface area contributed by atoms with Gasteiger partial charge in [0.15, 0.2) is 11.5 Å². The van der Waals surface area contributed by atoms with Crippen molar-refractivity contribution in [2.45, 2.75) is 26.5 Å². The van der Waals surface area contributed by atoms with E-state index < -0.39 is 0 Å². The fourth-order valence-electron chi connectivity index (χ4n) is 4.22. The third-order valence-corrected chi connectivity index (χ3v) is 6.12. The molecule has 3 aromatic heterocycles. The maximum Gasteiger partial charge on any atom is 0.199 e. The molecule has 1 aliphatic rings. The van der Waals surface area contributed by atoms with Crippen LogP contribution in [0.4, 0.5) is 17.2 Å². The second-order valence-electron chi connectivity index (χ2n) is 8.47. The number of benzene rings is 1. The van der Waals surface area contributed by atoms with E-state index in [1.807, 2.05) is 12.1 Å². The lowest BCUT2D eigenvalue weighted by molar-refractivity contribution is 0.209. The third-order valence-electron chi connectivity index (χ3n) is 6.12. The Kier molecular flexibility index (Phi) is 5.89. The first-order chi connectivity index (χ1) is 16.1. The van der Waals surface area contributed by atoms with Gasteiger partial charge in [-0.15, -0.1) is 0 Å². The Morgan fingerprint density at radius 3 is 2.52 bits per heavy atom. The van der Waals surface area contributed by atoms with Gasteiger partial charge in [-0.3, -0.25) is 9.88 Å². The average Bonchev–Trinajstić information content (AvgIpc) is 3.35. The van der Waals surface area contributed by atoms with Crippen molar-refractivity contribution in [3.8, 4) is 11.3 Å². The molecule has 170 valence electrons. The van der Waals surface area contributed by atoms with Gasteiger partial charge in [-0.1, -0.05) is 0 Å². The number of hydrogen-bond acceptors (Lipinski definition) is 8. The first kappa shape index (κ1) is 21.3. The van der Waals surface area contributed by atoms with E-state index in [1.54, 1.807) is 16.9 Å². The Balaban J connectivity index is 1.34. The van der Waals surface area contributed by atoms with Crippen LogP contribution in [0.1, 0.15) is 19.5 Å². The molecule has 9 nitrogen and oxygen atoms in total. The zero-order valence-corrected chi connectivity index (χ0v) is 18.9. The minimum atomic E-state index is -0.120. The van der Waals surface area contributed by atoms with Crippen molar-refractivity contribution >= 4 is 22.8 Å². The van der Waals surface area contributed by atoms with E-state index in [4.69, 9.17) is 0 Å². The lowest BCUT2D eigenvalue weighted by Gasteiger charge is -2.38. The predicted molar refractivity (Wildman–Crippen MR) is 129 cm³/mol. The number of aromatic nitrogens is 5. The summed E-state index contributed by atoms with van der Waals surface area (Å²) in [6, 6.07) is 12.7. The van der Waals surface area contributed by atoms with Crippen molar-refractivity contribution in [2.75, 3.05) is 36.4 Å². The summed E-state index contributed by atoms with van der Waals surface area (Å²) in [5.41, 5.74) is 5.04. The van der Waals surface area contributed by atoms with Crippen LogP contribution in [-0.2, 0) is 6.61 Å². The number of nitrogens with zero attached hydrogens (tertiary/aromatic N) is 7. The molecule has 9 heteroatoms. The fraction of sp³-hybridized carbons (Fsp3) is 0.333. The zero-order chi connectivity index (χ0) is 22.8. The van der Waals surface area contributed by atoms with E-state index in [0.717, 1.165) is 43.1 Å². The van der Waals surface area contributed by atoms with E-state index in [0.29, 0.717) is 23.2 Å². The molecule has 2 N–H and O–H groups in total. The number of piperazine rings is 1. The van der Waals surface area contributed by atoms with Gasteiger partial charge in [-0.05, 0) is 50.2 Å². The molecule has 1 fully saturated rings. The van der Waals surface area contributed by atoms with Crippen molar-refractivity contribution in [3.63, 3.8) is 0 Å². The molecule has 0 amide bonds. The Hall–Kier alpha value is -3.56. The number of pyridine rings is 1. The van der Waals surface area contributed by atoms with Crippen LogP contribution in [0.15, 0.2) is 55.1 Å². The van der Waals surface area contributed by atoms with Crippen LogP contribution in [-0.4, -0.2) is 66.8 Å². The highest BCUT2D eigenvalue weighted by Gasteiger charge is 2.19. The van der Waals surface area contributed by atoms with Gasteiger partial charge < -0.3 is 15.3 Å². The van der Waals surface area contributed by atoms with Gasteiger partial charge in [0.25, 0.3) is 0 Å². The molecule has 5 rings (SSSR count). The van der Waals surface area contributed by atoms with Crippen LogP contribution in [0.5, 0.6) is 0 Å². The number of hydrogen-bond donors (Lipinski definition) is 2. The van der Waals surface area contributed by atoms with Gasteiger partial charge in [-0.25, -0.2) is 14.5 Å². The highest BCUT2D eigenvalue weighted by atomic mass is 16.3. The highest BCUT2D eigenvalue weighted by molar-refractivity contribution is 5.74. The normalized spacial score (nSPS) is 14.8. The zero-order valence-electron chi connectivity index (χ0n) is 18.9. The molecule has 1 aliphatic heterocycles. The molecule has 0 aliphatic carbocycles. The Morgan fingerprint density at radius 1 is 1.00 bits per heavy atom. The van der Waals surface area contributed by atoms with Crippen molar-refractivity contribution in [1.29, 1.82) is 0 Å². The predicted octanol–water partition coefficient (Wildman–Crippen LogP) is 2.95. The second kappa shape index (κ2) is 9.13. The average molecular weight is 445 g/mol. The highest BCUT2D eigenvalue weighted by Crippen LogP contribution is 2.26. The Labute approximate surface area is 192 Å². The lowest BCUT2D eigenvalue weighted by atomic mass is 10.2. The summed E-state index contributed by atoms with van der Waals surface area (Å²) in [4.78, 5) is 18.1. The molecule has 33 heavy (non-hydrogen) atoms. The number of aliphatic hydroxyl groups excluding tert-OH is 1. The maximum absolute atomic E-state index is 9.40. The summed E-state index contributed by atoms with van der Waals surface area (Å²) in [6.45, 7) is 8.67. The van der Waals surface area contributed by atoms with Crippen LogP contribution in [0.3, 0.4) is 0 Å². The minimum absolute atomic E-state index is 0.120. The van der Waals surface area contributed by atoms with Gasteiger partial charge in [0.05, 0.1) is 24.2 Å². The van der Waals surface area contributed by atoms with Crippen molar-refractivity contribution in [3.05, 3.63) is 60.8 Å². The summed E-state index contributed by atoms with van der Waals surface area (Å²) in [5, 5.41) is 17.1. The smallest absolute Gasteiger partial charge is 0.199 e. The van der Waals surface area contributed by atoms with E-state index >= 15 is 0 Å². The molecule has 4 aromatic rings. The van der Waals surface area contributed by atoms with Crippen molar-refractivity contribution < 1.29 is 5.11 Å². The molecule has 0 bridgehead atoms. The number of rotatable bonds is 6. The molecule has 4 heterocycles. The molecule has 0 saturated carbocycles. The van der Waals surface area contributed by atoms with E-state index in [-0.39, 0.29) is 6.61 Å². The Morgan fingerprint density at radius 2 is 1.79 bits per heavy atom. The number of aliphatic hydroxyl groups is 1. The molecule has 1 aromatic carbocycles. The lowest BCUT2D eigenvalue weighted by Crippen LogP contribution is -2.48. The quantitative estimate of drug-likeness (QED) is 0.469. The molecule has 0 atom stereocenters. The Bertz CT molecular complexity index is 1230. The van der Waals surface area contributed by atoms with E-state index in [9.17, 15) is 5.11 Å². The molecule has 0 unspecified atom stereocenters. The molecule has 0 radical (unpaired) electrons. The van der Waals surface area contributed by atoms with Gasteiger partial charge in [0.1, 0.15) is 6.33 Å². The van der Waals surface area contributed by atoms with E-state index in [1.165, 1.54) is 12.0 Å². The summed E-state index contributed by atoms with van der Waals surface area (Å²) in [7, 11) is 0. The molecular formula is C24H28N8O. The summed E-state index contributed by atoms with van der Waals surface area (Å²) >= 11 is 0. The van der Waals surface area contributed by atoms with Crippen LogP contribution < -0.4 is 10.2 Å². The molecule has 0 spiro atoms. The van der Waals surface area contributed by atoms with Crippen LogP contribution >= 0.6 is 0 Å². The number of fused-ring (bicyclic) bond motifs is 1. The van der Waals surface area contributed by atoms with Crippen molar-refractivity contribution in [1.82, 2.24) is 29.5 Å². The van der Waals surface area contributed by atoms with Gasteiger partial charge in [0.2, 0.25) is 0 Å².